The first-order valence-electron chi connectivity index (χ1n) is 10.6. The summed E-state index contributed by atoms with van der Waals surface area (Å²) in [5.41, 5.74) is 7.28. The van der Waals surface area contributed by atoms with Gasteiger partial charge in [-0.25, -0.2) is 4.98 Å². The zero-order chi connectivity index (χ0) is 21.8. The summed E-state index contributed by atoms with van der Waals surface area (Å²) < 4.78 is 7.77. The molecule has 0 saturated heterocycles. The second kappa shape index (κ2) is 8.90. The molecule has 0 N–H and O–H groups in total. The maximum atomic E-state index is 5.61. The van der Waals surface area contributed by atoms with Crippen LogP contribution in [0.1, 0.15) is 5.56 Å². The van der Waals surface area contributed by atoms with Crippen molar-refractivity contribution in [1.29, 1.82) is 0 Å². The fourth-order valence-electron chi connectivity index (χ4n) is 3.99. The van der Waals surface area contributed by atoms with Gasteiger partial charge in [-0.2, -0.15) is 0 Å². The lowest BCUT2D eigenvalue weighted by atomic mass is 10.0. The largest absolute Gasteiger partial charge is 0.496 e. The highest BCUT2D eigenvalue weighted by atomic mass is 16.5. The molecule has 2 aromatic heterocycles. The number of pyridine rings is 1. The van der Waals surface area contributed by atoms with Gasteiger partial charge in [0.2, 0.25) is 0 Å². The van der Waals surface area contributed by atoms with Crippen LogP contribution in [0.15, 0.2) is 110 Å². The summed E-state index contributed by atoms with van der Waals surface area (Å²) in [6.45, 7) is 0.689. The van der Waals surface area contributed by atoms with E-state index in [1.165, 1.54) is 16.7 Å². The first-order chi connectivity index (χ1) is 15.8. The Morgan fingerprint density at radius 2 is 1.53 bits per heavy atom. The zero-order valence-electron chi connectivity index (χ0n) is 17.8. The molecular weight excluding hydrogens is 394 g/mol. The van der Waals surface area contributed by atoms with Gasteiger partial charge in [-0.15, -0.1) is 0 Å². The number of hydrogen-bond acceptors (Lipinski definition) is 3. The van der Waals surface area contributed by atoms with Crippen LogP contribution in [0.2, 0.25) is 0 Å². The van der Waals surface area contributed by atoms with Crippen molar-refractivity contribution in [3.8, 4) is 39.5 Å². The molecule has 5 aromatic rings. The zero-order valence-corrected chi connectivity index (χ0v) is 17.8. The summed E-state index contributed by atoms with van der Waals surface area (Å²) in [6, 6.07) is 33.0. The van der Waals surface area contributed by atoms with E-state index < -0.39 is 0 Å². The number of aromatic nitrogens is 3. The lowest BCUT2D eigenvalue weighted by Crippen LogP contribution is -2.02. The van der Waals surface area contributed by atoms with Crippen LogP contribution in [-0.2, 0) is 6.54 Å². The Morgan fingerprint density at radius 3 is 2.34 bits per heavy atom. The number of benzene rings is 3. The summed E-state index contributed by atoms with van der Waals surface area (Å²) in [4.78, 5) is 9.42. The van der Waals surface area contributed by atoms with Crippen molar-refractivity contribution in [2.75, 3.05) is 7.11 Å². The molecule has 3 aromatic carbocycles. The maximum absolute atomic E-state index is 5.61. The molecule has 0 unspecified atom stereocenters. The molecule has 0 atom stereocenters. The van der Waals surface area contributed by atoms with E-state index in [0.717, 1.165) is 28.4 Å². The average Bonchev–Trinajstić information content (AvgIpc) is 3.28. The number of imidazole rings is 1. The van der Waals surface area contributed by atoms with E-state index in [9.17, 15) is 0 Å². The Kier molecular flexibility index (Phi) is 5.50. The summed E-state index contributed by atoms with van der Waals surface area (Å²) in [7, 11) is 1.69. The summed E-state index contributed by atoms with van der Waals surface area (Å²) in [6.07, 6.45) is 3.70. The van der Waals surface area contributed by atoms with Crippen molar-refractivity contribution < 1.29 is 4.74 Å². The Hall–Kier alpha value is -4.18. The second-order valence-electron chi connectivity index (χ2n) is 7.55. The number of nitrogens with zero attached hydrogens (tertiary/aromatic N) is 3. The van der Waals surface area contributed by atoms with Gasteiger partial charge >= 0.3 is 0 Å². The van der Waals surface area contributed by atoms with E-state index in [-0.39, 0.29) is 0 Å². The summed E-state index contributed by atoms with van der Waals surface area (Å²) in [5, 5.41) is 0. The van der Waals surface area contributed by atoms with E-state index in [1.54, 1.807) is 7.11 Å². The Balaban J connectivity index is 1.59. The minimum Gasteiger partial charge on any atom is -0.496 e. The Bertz CT molecular complexity index is 1330. The lowest BCUT2D eigenvalue weighted by molar-refractivity contribution is 0.416. The van der Waals surface area contributed by atoms with Gasteiger partial charge < -0.3 is 9.30 Å². The standard InChI is InChI=1S/C28H23N3O/c1-32-26-16-6-5-14-24(26)27-28(25-15-7-8-17-29-25)31(20-30-27)19-21-10-9-13-23(18-21)22-11-3-2-4-12-22/h2-18,20H,19H2,1H3. The number of rotatable bonds is 6. The molecule has 0 amide bonds. The topological polar surface area (TPSA) is 39.9 Å². The van der Waals surface area contributed by atoms with Crippen LogP contribution in [0.4, 0.5) is 0 Å². The molecule has 0 spiro atoms. The smallest absolute Gasteiger partial charge is 0.128 e. The van der Waals surface area contributed by atoms with Gasteiger partial charge in [-0.3, -0.25) is 4.98 Å². The van der Waals surface area contributed by atoms with Crippen molar-refractivity contribution in [3.05, 3.63) is 115 Å². The highest BCUT2D eigenvalue weighted by Crippen LogP contribution is 2.36. The molecule has 0 saturated carbocycles. The van der Waals surface area contributed by atoms with Crippen LogP contribution < -0.4 is 4.74 Å². The number of hydrogen-bond donors (Lipinski definition) is 0. The summed E-state index contributed by atoms with van der Waals surface area (Å²) in [5.74, 6) is 0.793. The molecule has 0 bridgehead atoms. The normalized spacial score (nSPS) is 10.8. The van der Waals surface area contributed by atoms with Gasteiger partial charge in [0.05, 0.1) is 24.8 Å². The Labute approximate surface area is 187 Å². The van der Waals surface area contributed by atoms with E-state index in [2.05, 4.69) is 58.1 Å². The third kappa shape index (κ3) is 3.91. The predicted octanol–water partition coefficient (Wildman–Crippen LogP) is 6.34. The highest BCUT2D eigenvalue weighted by Gasteiger charge is 2.19. The monoisotopic (exact) mass is 417 g/mol. The van der Waals surface area contributed by atoms with Crippen molar-refractivity contribution in [3.63, 3.8) is 0 Å². The van der Waals surface area contributed by atoms with Gasteiger partial charge in [0.1, 0.15) is 11.4 Å². The van der Waals surface area contributed by atoms with Crippen LogP contribution in [-0.4, -0.2) is 21.6 Å². The molecule has 2 heterocycles. The van der Waals surface area contributed by atoms with E-state index in [1.807, 2.05) is 61.1 Å². The van der Waals surface area contributed by atoms with Crippen molar-refractivity contribution in [2.45, 2.75) is 6.54 Å². The van der Waals surface area contributed by atoms with E-state index in [0.29, 0.717) is 6.54 Å². The highest BCUT2D eigenvalue weighted by molar-refractivity contribution is 5.80. The van der Waals surface area contributed by atoms with Crippen molar-refractivity contribution >= 4 is 0 Å². The summed E-state index contributed by atoms with van der Waals surface area (Å²) >= 11 is 0. The molecule has 0 aliphatic heterocycles. The lowest BCUT2D eigenvalue weighted by Gasteiger charge is -2.12. The first-order valence-corrected chi connectivity index (χ1v) is 10.6. The Morgan fingerprint density at radius 1 is 0.750 bits per heavy atom. The van der Waals surface area contributed by atoms with Gasteiger partial charge in [0.25, 0.3) is 0 Å². The molecule has 156 valence electrons. The van der Waals surface area contributed by atoms with Crippen LogP contribution in [0.25, 0.3) is 33.8 Å². The van der Waals surface area contributed by atoms with Crippen LogP contribution in [0.3, 0.4) is 0 Å². The SMILES string of the molecule is COc1ccccc1-c1ncn(Cc2cccc(-c3ccccc3)c2)c1-c1ccccn1. The quantitative estimate of drug-likeness (QED) is 0.324. The average molecular weight is 418 g/mol. The number of ether oxygens (including phenoxy) is 1. The number of para-hydroxylation sites is 1. The molecular formula is C28H23N3O. The molecule has 4 heteroatoms. The van der Waals surface area contributed by atoms with Crippen molar-refractivity contribution in [1.82, 2.24) is 14.5 Å². The maximum Gasteiger partial charge on any atom is 0.128 e. The molecule has 32 heavy (non-hydrogen) atoms. The van der Waals surface area contributed by atoms with Gasteiger partial charge in [-0.05, 0) is 47.0 Å². The number of methoxy groups -OCH3 is 1. The third-order valence-corrected chi connectivity index (χ3v) is 5.49. The molecule has 0 radical (unpaired) electrons. The minimum atomic E-state index is 0.689. The third-order valence-electron chi connectivity index (χ3n) is 5.49. The van der Waals surface area contributed by atoms with Crippen LogP contribution >= 0.6 is 0 Å². The predicted molar refractivity (Wildman–Crippen MR) is 128 cm³/mol. The van der Waals surface area contributed by atoms with Crippen LogP contribution in [0, 0.1) is 0 Å². The van der Waals surface area contributed by atoms with Crippen LogP contribution in [0.5, 0.6) is 5.75 Å². The van der Waals surface area contributed by atoms with E-state index in [4.69, 9.17) is 9.72 Å². The van der Waals surface area contributed by atoms with Gasteiger partial charge in [0.15, 0.2) is 0 Å². The fraction of sp³-hybridized carbons (Fsp3) is 0.0714. The first kappa shape index (κ1) is 19.8. The molecule has 0 aliphatic rings. The molecule has 0 aliphatic carbocycles. The molecule has 5 rings (SSSR count). The fourth-order valence-corrected chi connectivity index (χ4v) is 3.99. The minimum absolute atomic E-state index is 0.689. The van der Waals surface area contributed by atoms with Crippen molar-refractivity contribution in [2.24, 2.45) is 0 Å². The van der Waals surface area contributed by atoms with Gasteiger partial charge in [-0.1, -0.05) is 66.7 Å². The molecule has 4 nitrogen and oxygen atoms in total. The van der Waals surface area contributed by atoms with Gasteiger partial charge in [0, 0.05) is 18.3 Å². The molecule has 0 fully saturated rings. The second-order valence-corrected chi connectivity index (χ2v) is 7.55. The van der Waals surface area contributed by atoms with E-state index >= 15 is 0 Å².